The van der Waals surface area contributed by atoms with Crippen LogP contribution in [0.2, 0.25) is 0 Å². The number of rotatable bonds is 5. The van der Waals surface area contributed by atoms with E-state index in [1.165, 1.54) is 0 Å². The zero-order valence-electron chi connectivity index (χ0n) is 17.5. The summed E-state index contributed by atoms with van der Waals surface area (Å²) in [6.45, 7) is 2.24. The number of anilines is 2. The van der Waals surface area contributed by atoms with Crippen LogP contribution in [-0.2, 0) is 4.74 Å². The summed E-state index contributed by atoms with van der Waals surface area (Å²) in [5.74, 6) is 0.493. The fraction of sp³-hybridized carbons (Fsp3) is 0.333. The fourth-order valence-electron chi connectivity index (χ4n) is 3.68. The maximum absolute atomic E-state index is 12.2. The van der Waals surface area contributed by atoms with Crippen molar-refractivity contribution in [1.29, 1.82) is 0 Å². The highest BCUT2D eigenvalue weighted by molar-refractivity contribution is 5.93. The van der Waals surface area contributed by atoms with E-state index in [9.17, 15) is 4.79 Å². The summed E-state index contributed by atoms with van der Waals surface area (Å²) >= 11 is 0. The number of ether oxygens (including phenoxy) is 1. The molecule has 1 aromatic heterocycles. The van der Waals surface area contributed by atoms with E-state index in [0.717, 1.165) is 59.5 Å². The molecule has 1 aliphatic heterocycles. The SMILES string of the molecule is CN(C)c1cccc(-c2cnc3cc(NC(=O)NCC4CCOCC4)ccc3c2)c1. The van der Waals surface area contributed by atoms with E-state index in [0.29, 0.717) is 12.5 Å². The molecule has 3 aromatic rings. The van der Waals surface area contributed by atoms with Crippen LogP contribution in [0.25, 0.3) is 22.0 Å². The second-order valence-corrected chi connectivity index (χ2v) is 7.97. The van der Waals surface area contributed by atoms with E-state index >= 15 is 0 Å². The Hall–Kier alpha value is -3.12. The van der Waals surface area contributed by atoms with Gasteiger partial charge in [0.1, 0.15) is 0 Å². The summed E-state index contributed by atoms with van der Waals surface area (Å²) in [7, 11) is 4.07. The molecule has 6 nitrogen and oxygen atoms in total. The van der Waals surface area contributed by atoms with E-state index < -0.39 is 0 Å². The van der Waals surface area contributed by atoms with Crippen molar-refractivity contribution < 1.29 is 9.53 Å². The van der Waals surface area contributed by atoms with Crippen LogP contribution in [0.5, 0.6) is 0 Å². The first-order chi connectivity index (χ1) is 14.6. The first kappa shape index (κ1) is 20.2. The monoisotopic (exact) mass is 404 g/mol. The largest absolute Gasteiger partial charge is 0.381 e. The Kier molecular flexibility index (Phi) is 6.14. The number of pyridine rings is 1. The molecule has 2 heterocycles. The van der Waals surface area contributed by atoms with Gasteiger partial charge in [-0.05, 0) is 54.7 Å². The van der Waals surface area contributed by atoms with Crippen molar-refractivity contribution in [3.05, 3.63) is 54.7 Å². The van der Waals surface area contributed by atoms with Crippen LogP contribution in [0.4, 0.5) is 16.2 Å². The lowest BCUT2D eigenvalue weighted by Crippen LogP contribution is -2.35. The van der Waals surface area contributed by atoms with Crippen molar-refractivity contribution in [3.8, 4) is 11.1 Å². The Labute approximate surface area is 177 Å². The predicted octanol–water partition coefficient (Wildman–Crippen LogP) is 4.52. The lowest BCUT2D eigenvalue weighted by Gasteiger charge is -2.22. The molecular formula is C24H28N4O2. The highest BCUT2D eigenvalue weighted by Crippen LogP contribution is 2.27. The van der Waals surface area contributed by atoms with E-state index in [2.05, 4.69) is 50.8 Å². The molecule has 0 spiro atoms. The van der Waals surface area contributed by atoms with Crippen LogP contribution in [0, 0.1) is 5.92 Å². The number of hydrogen-bond donors (Lipinski definition) is 2. The molecule has 0 unspecified atom stereocenters. The van der Waals surface area contributed by atoms with Gasteiger partial charge in [-0.25, -0.2) is 4.79 Å². The normalized spacial score (nSPS) is 14.5. The Morgan fingerprint density at radius 3 is 2.73 bits per heavy atom. The molecule has 0 radical (unpaired) electrons. The average molecular weight is 405 g/mol. The highest BCUT2D eigenvalue weighted by Gasteiger charge is 2.14. The molecule has 1 fully saturated rings. The van der Waals surface area contributed by atoms with Crippen molar-refractivity contribution in [2.75, 3.05) is 44.1 Å². The van der Waals surface area contributed by atoms with Gasteiger partial charge in [0.05, 0.1) is 5.52 Å². The van der Waals surface area contributed by atoms with E-state index in [1.54, 1.807) is 0 Å². The standard InChI is InChI=1S/C24H28N4O2/c1-28(2)22-5-3-4-18(13-22)20-12-19-6-7-21(14-23(19)25-16-20)27-24(29)26-15-17-8-10-30-11-9-17/h3-7,12-14,16-17H,8-11,15H2,1-2H3,(H2,26,27,29). The predicted molar refractivity (Wildman–Crippen MR) is 122 cm³/mol. The molecule has 1 aliphatic rings. The van der Waals surface area contributed by atoms with E-state index in [4.69, 9.17) is 4.74 Å². The van der Waals surface area contributed by atoms with Crippen LogP contribution in [0.1, 0.15) is 12.8 Å². The van der Waals surface area contributed by atoms with Gasteiger partial charge in [0, 0.05) is 62.4 Å². The third-order valence-electron chi connectivity index (χ3n) is 5.53. The molecule has 2 N–H and O–H groups in total. The Morgan fingerprint density at radius 2 is 1.93 bits per heavy atom. The fourth-order valence-corrected chi connectivity index (χ4v) is 3.68. The first-order valence-corrected chi connectivity index (χ1v) is 10.4. The summed E-state index contributed by atoms with van der Waals surface area (Å²) in [6.07, 6.45) is 3.88. The van der Waals surface area contributed by atoms with Gasteiger partial charge in [-0.1, -0.05) is 18.2 Å². The Balaban J connectivity index is 1.44. The number of carbonyl (C=O) groups excluding carboxylic acids is 1. The topological polar surface area (TPSA) is 66.5 Å². The summed E-state index contributed by atoms with van der Waals surface area (Å²) in [4.78, 5) is 18.9. The summed E-state index contributed by atoms with van der Waals surface area (Å²) in [5, 5.41) is 6.91. The number of nitrogens with zero attached hydrogens (tertiary/aromatic N) is 2. The Morgan fingerprint density at radius 1 is 1.10 bits per heavy atom. The molecular weight excluding hydrogens is 376 g/mol. The van der Waals surface area contributed by atoms with Gasteiger partial charge < -0.3 is 20.3 Å². The summed E-state index contributed by atoms with van der Waals surface area (Å²) < 4.78 is 5.36. The number of benzene rings is 2. The third-order valence-corrected chi connectivity index (χ3v) is 5.53. The molecule has 2 aromatic carbocycles. The van der Waals surface area contributed by atoms with Crippen molar-refractivity contribution in [2.45, 2.75) is 12.8 Å². The molecule has 0 atom stereocenters. The number of amides is 2. The maximum Gasteiger partial charge on any atom is 0.319 e. The minimum Gasteiger partial charge on any atom is -0.381 e. The zero-order valence-corrected chi connectivity index (χ0v) is 17.5. The lowest BCUT2D eigenvalue weighted by molar-refractivity contribution is 0.0671. The summed E-state index contributed by atoms with van der Waals surface area (Å²) in [5.41, 5.74) is 4.94. The molecule has 0 aliphatic carbocycles. The minimum absolute atomic E-state index is 0.182. The van der Waals surface area contributed by atoms with Crippen molar-refractivity contribution >= 4 is 28.3 Å². The van der Waals surface area contributed by atoms with Crippen LogP contribution in [0.15, 0.2) is 54.7 Å². The number of carbonyl (C=O) groups is 1. The number of aromatic nitrogens is 1. The molecule has 156 valence electrons. The second kappa shape index (κ2) is 9.13. The number of nitrogens with one attached hydrogen (secondary N) is 2. The molecule has 2 amide bonds. The lowest BCUT2D eigenvalue weighted by atomic mass is 10.0. The molecule has 0 saturated carbocycles. The van der Waals surface area contributed by atoms with Crippen LogP contribution in [-0.4, -0.2) is 44.9 Å². The van der Waals surface area contributed by atoms with Crippen LogP contribution >= 0.6 is 0 Å². The van der Waals surface area contributed by atoms with Crippen molar-refractivity contribution in [2.24, 2.45) is 5.92 Å². The first-order valence-electron chi connectivity index (χ1n) is 10.4. The quantitative estimate of drug-likeness (QED) is 0.656. The van der Waals surface area contributed by atoms with Gasteiger partial charge in [-0.15, -0.1) is 0 Å². The van der Waals surface area contributed by atoms with Gasteiger partial charge in [-0.2, -0.15) is 0 Å². The molecule has 6 heteroatoms. The van der Waals surface area contributed by atoms with Gasteiger partial charge in [0.2, 0.25) is 0 Å². The molecule has 0 bridgehead atoms. The van der Waals surface area contributed by atoms with Crippen molar-refractivity contribution in [1.82, 2.24) is 10.3 Å². The Bertz CT molecular complexity index is 1030. The zero-order chi connectivity index (χ0) is 20.9. The van der Waals surface area contributed by atoms with Crippen LogP contribution in [0.3, 0.4) is 0 Å². The van der Waals surface area contributed by atoms with Gasteiger partial charge in [0.25, 0.3) is 0 Å². The van der Waals surface area contributed by atoms with Gasteiger partial charge in [-0.3, -0.25) is 4.98 Å². The van der Waals surface area contributed by atoms with E-state index in [-0.39, 0.29) is 6.03 Å². The molecule has 1 saturated heterocycles. The smallest absolute Gasteiger partial charge is 0.319 e. The number of fused-ring (bicyclic) bond motifs is 1. The maximum atomic E-state index is 12.2. The van der Waals surface area contributed by atoms with Gasteiger partial charge >= 0.3 is 6.03 Å². The number of urea groups is 1. The van der Waals surface area contributed by atoms with Crippen LogP contribution < -0.4 is 15.5 Å². The average Bonchev–Trinajstić information content (AvgIpc) is 2.78. The highest BCUT2D eigenvalue weighted by atomic mass is 16.5. The molecule has 30 heavy (non-hydrogen) atoms. The minimum atomic E-state index is -0.182. The van der Waals surface area contributed by atoms with Crippen molar-refractivity contribution in [3.63, 3.8) is 0 Å². The van der Waals surface area contributed by atoms with Gasteiger partial charge in [0.15, 0.2) is 0 Å². The van der Waals surface area contributed by atoms with E-state index in [1.807, 2.05) is 38.5 Å². The number of hydrogen-bond acceptors (Lipinski definition) is 4. The third kappa shape index (κ3) is 4.89. The summed E-state index contributed by atoms with van der Waals surface area (Å²) in [6, 6.07) is 16.2. The molecule has 4 rings (SSSR count). The second-order valence-electron chi connectivity index (χ2n) is 7.97.